The molecule has 5 heteroatoms. The fraction of sp³-hybridized carbons (Fsp3) is 0.571. The van der Waals surface area contributed by atoms with Gasteiger partial charge in [-0.1, -0.05) is 25.1 Å². The summed E-state index contributed by atoms with van der Waals surface area (Å²) in [6.45, 7) is 2.66. The molecule has 1 aromatic rings. The molecule has 1 heterocycles. The lowest BCUT2D eigenvalue weighted by Crippen LogP contribution is -2.35. The number of aryl methyl sites for hydroxylation is 1. The van der Waals surface area contributed by atoms with Crippen LogP contribution in [-0.4, -0.2) is 19.3 Å². The molecule has 2 rings (SSSR count). The van der Waals surface area contributed by atoms with Gasteiger partial charge in [0.15, 0.2) is 0 Å². The van der Waals surface area contributed by atoms with E-state index in [2.05, 4.69) is 5.32 Å². The number of para-hydroxylation sites is 1. The van der Waals surface area contributed by atoms with E-state index in [9.17, 15) is 13.2 Å². The van der Waals surface area contributed by atoms with Gasteiger partial charge in [0, 0.05) is 5.56 Å². The standard InChI is InChI=1S/C14H18F3NO/c1-2-8-18-13(14(15,16)17)11-7-3-5-10-6-4-9-19-12(10)11/h3,5,7,13,18H,2,4,6,8-9H2,1H3. The molecular formula is C14H18F3NO. The molecule has 1 aliphatic rings. The number of ether oxygens (including phenoxy) is 1. The van der Waals surface area contributed by atoms with E-state index in [1.807, 2.05) is 13.0 Å². The van der Waals surface area contributed by atoms with E-state index in [-0.39, 0.29) is 5.56 Å². The largest absolute Gasteiger partial charge is 0.493 e. The highest BCUT2D eigenvalue weighted by Gasteiger charge is 2.42. The van der Waals surface area contributed by atoms with Crippen LogP contribution in [0.2, 0.25) is 0 Å². The lowest BCUT2D eigenvalue weighted by molar-refractivity contribution is -0.158. The Morgan fingerprint density at radius 1 is 1.37 bits per heavy atom. The maximum absolute atomic E-state index is 13.2. The molecule has 0 spiro atoms. The Bertz CT molecular complexity index is 431. The lowest BCUT2D eigenvalue weighted by atomic mass is 9.97. The van der Waals surface area contributed by atoms with Gasteiger partial charge >= 0.3 is 6.18 Å². The Labute approximate surface area is 111 Å². The maximum atomic E-state index is 13.2. The van der Waals surface area contributed by atoms with Crippen LogP contribution < -0.4 is 10.1 Å². The molecule has 19 heavy (non-hydrogen) atoms. The normalized spacial score (nSPS) is 16.6. The third kappa shape index (κ3) is 3.21. The number of halogens is 3. The van der Waals surface area contributed by atoms with Gasteiger partial charge in [0.2, 0.25) is 0 Å². The summed E-state index contributed by atoms with van der Waals surface area (Å²) >= 11 is 0. The second-order valence-electron chi connectivity index (χ2n) is 4.72. The van der Waals surface area contributed by atoms with Gasteiger partial charge in [-0.2, -0.15) is 13.2 Å². The third-order valence-electron chi connectivity index (χ3n) is 3.20. The summed E-state index contributed by atoms with van der Waals surface area (Å²) in [5.74, 6) is 0.416. The van der Waals surface area contributed by atoms with Crippen molar-refractivity contribution < 1.29 is 17.9 Å². The topological polar surface area (TPSA) is 21.3 Å². The van der Waals surface area contributed by atoms with Crippen molar-refractivity contribution in [3.8, 4) is 5.75 Å². The van der Waals surface area contributed by atoms with Crippen molar-refractivity contribution in [3.05, 3.63) is 29.3 Å². The van der Waals surface area contributed by atoms with E-state index in [4.69, 9.17) is 4.74 Å². The average molecular weight is 273 g/mol. The summed E-state index contributed by atoms with van der Waals surface area (Å²) in [7, 11) is 0. The second kappa shape index (κ2) is 5.82. The Morgan fingerprint density at radius 2 is 2.16 bits per heavy atom. The first-order chi connectivity index (χ1) is 9.04. The second-order valence-corrected chi connectivity index (χ2v) is 4.72. The van der Waals surface area contributed by atoms with Crippen LogP contribution in [0.3, 0.4) is 0 Å². The van der Waals surface area contributed by atoms with Crippen LogP contribution in [0.15, 0.2) is 18.2 Å². The van der Waals surface area contributed by atoms with E-state index in [1.165, 1.54) is 6.07 Å². The summed E-state index contributed by atoms with van der Waals surface area (Å²) in [6, 6.07) is 3.37. The number of hydrogen-bond acceptors (Lipinski definition) is 2. The molecule has 0 saturated heterocycles. The van der Waals surface area contributed by atoms with Crippen molar-refractivity contribution in [2.75, 3.05) is 13.2 Å². The quantitative estimate of drug-likeness (QED) is 0.904. The summed E-state index contributed by atoms with van der Waals surface area (Å²) < 4.78 is 45.0. The zero-order valence-electron chi connectivity index (χ0n) is 10.9. The lowest BCUT2D eigenvalue weighted by Gasteiger charge is -2.27. The molecule has 106 valence electrons. The van der Waals surface area contributed by atoms with Crippen molar-refractivity contribution >= 4 is 0 Å². The molecular weight excluding hydrogens is 255 g/mol. The zero-order valence-corrected chi connectivity index (χ0v) is 10.9. The first-order valence-corrected chi connectivity index (χ1v) is 6.58. The van der Waals surface area contributed by atoms with Gasteiger partial charge in [-0.25, -0.2) is 0 Å². The monoisotopic (exact) mass is 273 g/mol. The predicted molar refractivity (Wildman–Crippen MR) is 67.3 cm³/mol. The number of hydrogen-bond donors (Lipinski definition) is 1. The number of nitrogens with one attached hydrogen (secondary N) is 1. The van der Waals surface area contributed by atoms with Gasteiger partial charge in [0.05, 0.1) is 6.61 Å². The molecule has 1 aromatic carbocycles. The predicted octanol–water partition coefficient (Wildman–Crippen LogP) is 3.61. The SMILES string of the molecule is CCCNC(c1cccc2c1OCCC2)C(F)(F)F. The molecule has 0 radical (unpaired) electrons. The Hall–Kier alpha value is -1.23. The van der Waals surface area contributed by atoms with Crippen molar-refractivity contribution in [2.24, 2.45) is 0 Å². The molecule has 0 aromatic heterocycles. The first-order valence-electron chi connectivity index (χ1n) is 6.58. The van der Waals surface area contributed by atoms with Gasteiger partial charge in [0.25, 0.3) is 0 Å². The average Bonchev–Trinajstić information content (AvgIpc) is 2.38. The first kappa shape index (κ1) is 14.2. The molecule has 0 saturated carbocycles. The Kier molecular flexibility index (Phi) is 4.34. The van der Waals surface area contributed by atoms with Crippen LogP contribution in [0.25, 0.3) is 0 Å². The van der Waals surface area contributed by atoms with Crippen molar-refractivity contribution in [2.45, 2.75) is 38.4 Å². The molecule has 1 N–H and O–H groups in total. The van der Waals surface area contributed by atoms with E-state index in [0.29, 0.717) is 25.3 Å². The number of rotatable bonds is 4. The summed E-state index contributed by atoms with van der Waals surface area (Å²) in [5.41, 5.74) is 1.08. The molecule has 0 aliphatic carbocycles. The van der Waals surface area contributed by atoms with Gasteiger partial charge in [-0.15, -0.1) is 0 Å². The molecule has 0 fully saturated rings. The van der Waals surface area contributed by atoms with Crippen molar-refractivity contribution in [1.29, 1.82) is 0 Å². The summed E-state index contributed by atoms with van der Waals surface area (Å²) in [5, 5.41) is 2.57. The summed E-state index contributed by atoms with van der Waals surface area (Å²) in [6.07, 6.45) is -2.02. The van der Waals surface area contributed by atoms with Crippen LogP contribution in [0.5, 0.6) is 5.75 Å². The van der Waals surface area contributed by atoms with Crippen LogP contribution in [-0.2, 0) is 6.42 Å². The molecule has 1 aliphatic heterocycles. The van der Waals surface area contributed by atoms with Gasteiger partial charge in [0.1, 0.15) is 11.8 Å². The maximum Gasteiger partial charge on any atom is 0.408 e. The van der Waals surface area contributed by atoms with E-state index in [1.54, 1.807) is 6.07 Å². The minimum absolute atomic E-state index is 0.207. The highest BCUT2D eigenvalue weighted by Crippen LogP contribution is 2.40. The van der Waals surface area contributed by atoms with Gasteiger partial charge in [-0.05, 0) is 31.4 Å². The van der Waals surface area contributed by atoms with Crippen LogP contribution >= 0.6 is 0 Å². The number of fused-ring (bicyclic) bond motifs is 1. The molecule has 2 nitrogen and oxygen atoms in total. The van der Waals surface area contributed by atoms with Crippen LogP contribution in [0, 0.1) is 0 Å². The van der Waals surface area contributed by atoms with Crippen molar-refractivity contribution in [1.82, 2.24) is 5.32 Å². The Morgan fingerprint density at radius 3 is 2.84 bits per heavy atom. The van der Waals surface area contributed by atoms with Gasteiger partial charge < -0.3 is 10.1 Å². The van der Waals surface area contributed by atoms with E-state index in [0.717, 1.165) is 18.4 Å². The number of benzene rings is 1. The molecule has 0 bridgehead atoms. The Balaban J connectivity index is 2.36. The van der Waals surface area contributed by atoms with Crippen LogP contribution in [0.4, 0.5) is 13.2 Å². The van der Waals surface area contributed by atoms with Crippen LogP contribution in [0.1, 0.15) is 36.9 Å². The molecule has 1 atom stereocenters. The minimum atomic E-state index is -4.31. The fourth-order valence-electron chi connectivity index (χ4n) is 2.33. The van der Waals surface area contributed by atoms with Crippen molar-refractivity contribution in [3.63, 3.8) is 0 Å². The minimum Gasteiger partial charge on any atom is -0.493 e. The molecule has 0 amide bonds. The fourth-order valence-corrected chi connectivity index (χ4v) is 2.33. The highest BCUT2D eigenvalue weighted by atomic mass is 19.4. The third-order valence-corrected chi connectivity index (χ3v) is 3.20. The smallest absolute Gasteiger partial charge is 0.408 e. The van der Waals surface area contributed by atoms with Gasteiger partial charge in [-0.3, -0.25) is 0 Å². The van der Waals surface area contributed by atoms with E-state index >= 15 is 0 Å². The molecule has 1 unspecified atom stereocenters. The highest BCUT2D eigenvalue weighted by molar-refractivity contribution is 5.45. The van der Waals surface area contributed by atoms with E-state index < -0.39 is 12.2 Å². The zero-order chi connectivity index (χ0) is 13.9. The summed E-state index contributed by atoms with van der Waals surface area (Å²) in [4.78, 5) is 0. The number of alkyl halides is 3.